The normalized spacial score (nSPS) is 14.4. The molecule has 0 radical (unpaired) electrons. The van der Waals surface area contributed by atoms with E-state index in [4.69, 9.17) is 21.3 Å². The molecule has 1 rings (SSSR count). The molecule has 206 valence electrons. The first kappa shape index (κ1) is 31.5. The highest BCUT2D eigenvalue weighted by Gasteiger charge is 2.32. The fourth-order valence-electron chi connectivity index (χ4n) is 3.35. The number of phosphoric acid groups is 1. The van der Waals surface area contributed by atoms with E-state index < -0.39 is 67.7 Å². The van der Waals surface area contributed by atoms with Gasteiger partial charge in [0.2, 0.25) is 29.5 Å². The number of benzene rings is 1. The van der Waals surface area contributed by atoms with E-state index >= 15 is 0 Å². The maximum absolute atomic E-state index is 13.2. The van der Waals surface area contributed by atoms with Crippen LogP contribution < -0.4 is 31.9 Å². The van der Waals surface area contributed by atoms with E-state index in [1.165, 1.54) is 31.3 Å². The zero-order valence-corrected chi connectivity index (χ0v) is 21.7. The lowest BCUT2D eigenvalue weighted by Crippen LogP contribution is -2.56. The largest absolute Gasteiger partial charge is 0.524 e. The molecule has 14 nitrogen and oxygen atoms in total. The van der Waals surface area contributed by atoms with Crippen LogP contribution >= 0.6 is 7.82 Å². The molecule has 4 atom stereocenters. The molecule has 15 heteroatoms. The molecule has 1 aromatic rings. The van der Waals surface area contributed by atoms with Crippen molar-refractivity contribution in [1.29, 1.82) is 0 Å². The van der Waals surface area contributed by atoms with Crippen molar-refractivity contribution >= 4 is 37.4 Å². The molecule has 0 aliphatic heterocycles. The van der Waals surface area contributed by atoms with Gasteiger partial charge in [0.15, 0.2) is 0 Å². The molecule has 0 fully saturated rings. The average Bonchev–Trinajstić information content (AvgIpc) is 2.80. The average molecular weight is 544 g/mol. The highest BCUT2D eigenvalue weighted by molar-refractivity contribution is 7.46. The molecule has 0 aliphatic rings. The quantitative estimate of drug-likeness (QED) is 0.132. The van der Waals surface area contributed by atoms with Gasteiger partial charge in [0, 0.05) is 13.5 Å². The van der Waals surface area contributed by atoms with Gasteiger partial charge in [0.1, 0.15) is 17.8 Å². The lowest BCUT2D eigenvalue weighted by atomic mass is 9.92. The molecule has 37 heavy (non-hydrogen) atoms. The molecule has 0 aromatic heterocycles. The van der Waals surface area contributed by atoms with Gasteiger partial charge in [0.25, 0.3) is 0 Å². The van der Waals surface area contributed by atoms with E-state index in [1.54, 1.807) is 13.8 Å². The van der Waals surface area contributed by atoms with Crippen LogP contribution in [0.4, 0.5) is 0 Å². The van der Waals surface area contributed by atoms with Gasteiger partial charge in [-0.1, -0.05) is 32.4 Å². The molecule has 9 N–H and O–H groups in total. The van der Waals surface area contributed by atoms with E-state index in [-0.39, 0.29) is 18.6 Å². The van der Waals surface area contributed by atoms with E-state index in [0.717, 1.165) is 0 Å². The highest BCUT2D eigenvalue weighted by Crippen LogP contribution is 2.37. The predicted molar refractivity (Wildman–Crippen MR) is 131 cm³/mol. The third kappa shape index (κ3) is 11.4. The van der Waals surface area contributed by atoms with Crippen molar-refractivity contribution in [3.8, 4) is 5.75 Å². The molecule has 0 unspecified atom stereocenters. The Morgan fingerprint density at radius 3 is 2.05 bits per heavy atom. The van der Waals surface area contributed by atoms with Gasteiger partial charge < -0.3 is 31.9 Å². The summed E-state index contributed by atoms with van der Waals surface area (Å²) in [6.07, 6.45) is -0.209. The molecule has 0 heterocycles. The van der Waals surface area contributed by atoms with Gasteiger partial charge in [-0.2, -0.15) is 0 Å². The third-order valence-corrected chi connectivity index (χ3v) is 6.02. The first-order chi connectivity index (χ1) is 17.2. The second-order valence-corrected chi connectivity index (χ2v) is 9.67. The number of nitrogens with two attached hydrogens (primary N) is 2. The molecule has 0 spiro atoms. The summed E-state index contributed by atoms with van der Waals surface area (Å²) in [5.41, 5.74) is 10.9. The fourth-order valence-corrected chi connectivity index (χ4v) is 3.75. The summed E-state index contributed by atoms with van der Waals surface area (Å²) >= 11 is 0. The first-order valence-electron chi connectivity index (χ1n) is 11.4. The summed E-state index contributed by atoms with van der Waals surface area (Å²) in [4.78, 5) is 78.9. The highest BCUT2D eigenvalue weighted by atomic mass is 31.2. The minimum atomic E-state index is -4.74. The minimum absolute atomic E-state index is 0.0515. The number of rotatable bonds is 15. The SMILES string of the molecule is CC[C@H](C)[C@H](NC(=O)[C@H](CC(=O)NC)Cc1ccc(OP(=O)(O)O)cc1)C(=O)N[C@@H](CC(N)=O)C(N)=O. The number of carbonyl (C=O) groups is 5. The standard InChI is InChI=1S/C22H34N5O9P/c1-4-12(2)19(22(32)26-16(20(24)30)11-17(23)28)27-21(31)14(10-18(29)25-3)9-13-5-7-15(8-6-13)36-37(33,34)35/h5-8,12,14,16,19H,4,9-11H2,1-3H3,(H2,23,28)(H2,24,30)(H,25,29)(H,26,32)(H,27,31)(H2,33,34,35)/t12-,14-,16-,19-/m0/s1. The van der Waals surface area contributed by atoms with Crippen LogP contribution in [0.3, 0.4) is 0 Å². The number of phosphoric ester groups is 1. The van der Waals surface area contributed by atoms with E-state index in [0.29, 0.717) is 12.0 Å². The lowest BCUT2D eigenvalue weighted by molar-refractivity contribution is -0.135. The predicted octanol–water partition coefficient (Wildman–Crippen LogP) is -1.17. The van der Waals surface area contributed by atoms with Gasteiger partial charge in [-0.3, -0.25) is 33.8 Å². The number of carbonyl (C=O) groups excluding carboxylic acids is 5. The zero-order valence-electron chi connectivity index (χ0n) is 20.8. The Kier molecular flexibility index (Phi) is 12.2. The van der Waals surface area contributed by atoms with Crippen molar-refractivity contribution in [3.05, 3.63) is 29.8 Å². The number of nitrogens with one attached hydrogen (secondary N) is 3. The Morgan fingerprint density at radius 1 is 1.00 bits per heavy atom. The summed E-state index contributed by atoms with van der Waals surface area (Å²) in [5, 5.41) is 7.42. The molecule has 5 amide bonds. The van der Waals surface area contributed by atoms with E-state index in [1.807, 2.05) is 0 Å². The van der Waals surface area contributed by atoms with Crippen LogP contribution in [0.2, 0.25) is 0 Å². The maximum atomic E-state index is 13.2. The van der Waals surface area contributed by atoms with E-state index in [2.05, 4.69) is 20.5 Å². The van der Waals surface area contributed by atoms with Gasteiger partial charge >= 0.3 is 7.82 Å². The van der Waals surface area contributed by atoms with Crippen LogP contribution in [0, 0.1) is 11.8 Å². The number of hydrogen-bond donors (Lipinski definition) is 7. The molecule has 0 aliphatic carbocycles. The van der Waals surface area contributed by atoms with E-state index in [9.17, 15) is 28.5 Å². The van der Waals surface area contributed by atoms with Crippen LogP contribution in [-0.2, 0) is 35.0 Å². The van der Waals surface area contributed by atoms with Crippen LogP contribution in [0.5, 0.6) is 5.75 Å². The first-order valence-corrected chi connectivity index (χ1v) is 12.9. The van der Waals surface area contributed by atoms with Gasteiger partial charge in [0.05, 0.1) is 12.3 Å². The van der Waals surface area contributed by atoms with Crippen molar-refractivity contribution in [2.75, 3.05) is 7.05 Å². The van der Waals surface area contributed by atoms with Gasteiger partial charge in [-0.15, -0.1) is 0 Å². The van der Waals surface area contributed by atoms with Crippen LogP contribution in [0.15, 0.2) is 24.3 Å². The Balaban J connectivity index is 3.12. The van der Waals surface area contributed by atoms with Crippen molar-refractivity contribution < 1.29 is 42.8 Å². The Bertz CT molecular complexity index is 1030. The van der Waals surface area contributed by atoms with Crippen molar-refractivity contribution in [2.45, 2.75) is 51.6 Å². The smallest absolute Gasteiger partial charge is 0.404 e. The third-order valence-electron chi connectivity index (χ3n) is 5.57. The number of primary amides is 2. The second-order valence-electron chi connectivity index (χ2n) is 8.51. The second kappa shape index (κ2) is 14.3. The van der Waals surface area contributed by atoms with Crippen LogP contribution in [0.1, 0.15) is 38.7 Å². The topological polar surface area (TPSA) is 240 Å². The minimum Gasteiger partial charge on any atom is -0.404 e. The van der Waals surface area contributed by atoms with Gasteiger partial charge in [-0.05, 0) is 30.0 Å². The summed E-state index contributed by atoms with van der Waals surface area (Å²) < 4.78 is 15.5. The molecule has 1 aromatic carbocycles. The maximum Gasteiger partial charge on any atom is 0.524 e. The fraction of sp³-hybridized carbons (Fsp3) is 0.500. The summed E-state index contributed by atoms with van der Waals surface area (Å²) in [5.74, 6) is -5.02. The number of hydrogen-bond acceptors (Lipinski definition) is 7. The molecular formula is C22H34N5O9P. The summed E-state index contributed by atoms with van der Waals surface area (Å²) in [6.45, 7) is 3.49. The molecule has 0 bridgehead atoms. The summed E-state index contributed by atoms with van der Waals surface area (Å²) in [7, 11) is -3.33. The summed E-state index contributed by atoms with van der Waals surface area (Å²) in [6, 6.07) is 3.11. The monoisotopic (exact) mass is 543 g/mol. The Labute approximate surface area is 214 Å². The van der Waals surface area contributed by atoms with Crippen molar-refractivity contribution in [2.24, 2.45) is 23.3 Å². The molecular weight excluding hydrogens is 509 g/mol. The molecule has 0 saturated carbocycles. The lowest BCUT2D eigenvalue weighted by Gasteiger charge is -2.27. The Morgan fingerprint density at radius 2 is 1.59 bits per heavy atom. The molecule has 0 saturated heterocycles. The van der Waals surface area contributed by atoms with Gasteiger partial charge in [-0.25, -0.2) is 4.57 Å². The Hall–Kier alpha value is -3.48. The number of amides is 5. The van der Waals surface area contributed by atoms with Crippen LogP contribution in [-0.4, -0.2) is 58.5 Å². The van der Waals surface area contributed by atoms with Crippen molar-refractivity contribution in [3.63, 3.8) is 0 Å². The van der Waals surface area contributed by atoms with Crippen molar-refractivity contribution in [1.82, 2.24) is 16.0 Å². The van der Waals surface area contributed by atoms with Crippen LogP contribution in [0.25, 0.3) is 0 Å². The zero-order chi connectivity index (χ0) is 28.3.